The van der Waals surface area contributed by atoms with Crippen LogP contribution in [0.15, 0.2) is 199 Å². The molecule has 3 nitrogen and oxygen atoms in total. The van der Waals surface area contributed by atoms with Crippen LogP contribution in [0, 0.1) is 0 Å². The smallest absolute Gasteiger partial charge is 0.227 e. The summed E-state index contributed by atoms with van der Waals surface area (Å²) in [5.74, 6) is 0.628. The summed E-state index contributed by atoms with van der Waals surface area (Å²) in [6.45, 7) is 0. The SMILES string of the molecule is c1ccc(-c2cc3oc(-c4ccc(-c5ccc6c(c5)c5ccccc5n6-c5ccc(-c6ccc7ccccc7c6)cc5)cc4)nc3c3c2sc2ccccc23)cc1. The van der Waals surface area contributed by atoms with Gasteiger partial charge in [-0.2, -0.15) is 0 Å². The second-order valence-corrected chi connectivity index (χ2v) is 15.8. The Bertz CT molecular complexity index is 3500. The topological polar surface area (TPSA) is 31.0 Å². The van der Waals surface area contributed by atoms with E-state index in [0.717, 1.165) is 33.3 Å². The summed E-state index contributed by atoms with van der Waals surface area (Å²) in [6, 6.07) is 69.7. The first-order valence-corrected chi connectivity index (χ1v) is 20.1. The summed E-state index contributed by atoms with van der Waals surface area (Å²) in [4.78, 5) is 5.15. The Morgan fingerprint density at radius 1 is 0.439 bits per heavy atom. The molecule has 0 amide bonds. The van der Waals surface area contributed by atoms with Crippen molar-refractivity contribution in [3.8, 4) is 50.5 Å². The highest BCUT2D eigenvalue weighted by Gasteiger charge is 2.20. The standard InChI is InChI=1S/C53H32N2OS/c1-2-11-36(12-3-1)44-32-48-51(50-43-15-7-9-17-49(43)57-52(44)50)54-53(56-48)37-21-18-34(19-22-37)40-26-29-47-45(31-40)42-14-6-8-16-46(42)55(47)41-27-24-35(25-28-41)39-23-20-33-10-4-5-13-38(33)30-39/h1-32H. The number of hydrogen-bond donors (Lipinski definition) is 0. The molecule has 0 N–H and O–H groups in total. The van der Waals surface area contributed by atoms with Crippen molar-refractivity contribution in [1.29, 1.82) is 0 Å². The Morgan fingerprint density at radius 2 is 1.07 bits per heavy atom. The number of thiophene rings is 1. The van der Waals surface area contributed by atoms with Crippen LogP contribution in [0.4, 0.5) is 0 Å². The molecule has 57 heavy (non-hydrogen) atoms. The van der Waals surface area contributed by atoms with Crippen LogP contribution in [-0.4, -0.2) is 9.55 Å². The van der Waals surface area contributed by atoms with Crippen molar-refractivity contribution in [1.82, 2.24) is 9.55 Å². The lowest BCUT2D eigenvalue weighted by molar-refractivity contribution is 0.620. The minimum atomic E-state index is 0.628. The first kappa shape index (κ1) is 32.0. The molecule has 0 aliphatic carbocycles. The Morgan fingerprint density at radius 3 is 1.91 bits per heavy atom. The van der Waals surface area contributed by atoms with Gasteiger partial charge in [-0.1, -0.05) is 133 Å². The van der Waals surface area contributed by atoms with Crippen LogP contribution >= 0.6 is 11.3 Å². The van der Waals surface area contributed by atoms with E-state index in [1.807, 2.05) is 11.3 Å². The molecular weight excluding hydrogens is 713 g/mol. The maximum atomic E-state index is 6.58. The van der Waals surface area contributed by atoms with Crippen LogP contribution in [-0.2, 0) is 0 Å². The molecule has 0 fully saturated rings. The van der Waals surface area contributed by atoms with Crippen LogP contribution in [0.2, 0.25) is 0 Å². The molecule has 0 saturated heterocycles. The summed E-state index contributed by atoms with van der Waals surface area (Å²) in [5.41, 5.74) is 13.3. The Balaban J connectivity index is 0.911. The second-order valence-electron chi connectivity index (χ2n) is 14.7. The van der Waals surface area contributed by atoms with Crippen molar-refractivity contribution in [3.63, 3.8) is 0 Å². The number of hydrogen-bond acceptors (Lipinski definition) is 3. The first-order valence-electron chi connectivity index (χ1n) is 19.3. The zero-order chi connectivity index (χ0) is 37.5. The van der Waals surface area contributed by atoms with Crippen molar-refractivity contribution in [3.05, 3.63) is 194 Å². The zero-order valence-corrected chi connectivity index (χ0v) is 31.5. The number of oxazole rings is 1. The highest BCUT2D eigenvalue weighted by molar-refractivity contribution is 7.26. The number of aromatic nitrogens is 2. The van der Waals surface area contributed by atoms with E-state index in [-0.39, 0.29) is 0 Å². The van der Waals surface area contributed by atoms with E-state index in [2.05, 4.69) is 199 Å². The van der Waals surface area contributed by atoms with Crippen molar-refractivity contribution in [2.24, 2.45) is 0 Å². The van der Waals surface area contributed by atoms with Gasteiger partial charge >= 0.3 is 0 Å². The fourth-order valence-electron chi connectivity index (χ4n) is 8.64. The number of fused-ring (bicyclic) bond motifs is 9. The van der Waals surface area contributed by atoms with Gasteiger partial charge in [0, 0.05) is 47.8 Å². The average Bonchev–Trinajstić information content (AvgIpc) is 3.98. The molecule has 266 valence electrons. The van der Waals surface area contributed by atoms with Crippen LogP contribution in [0.25, 0.3) is 114 Å². The Kier molecular flexibility index (Phi) is 7.10. The maximum Gasteiger partial charge on any atom is 0.227 e. The highest BCUT2D eigenvalue weighted by atomic mass is 32.1. The first-order chi connectivity index (χ1) is 28.2. The summed E-state index contributed by atoms with van der Waals surface area (Å²) in [7, 11) is 0. The largest absolute Gasteiger partial charge is 0.436 e. The van der Waals surface area contributed by atoms with Gasteiger partial charge in [-0.25, -0.2) is 4.98 Å². The average molecular weight is 745 g/mol. The van der Waals surface area contributed by atoms with E-state index < -0.39 is 0 Å². The predicted molar refractivity (Wildman–Crippen MR) is 240 cm³/mol. The lowest BCUT2D eigenvalue weighted by Gasteiger charge is -2.10. The molecule has 3 heterocycles. The summed E-state index contributed by atoms with van der Waals surface area (Å²) in [6.07, 6.45) is 0. The fraction of sp³-hybridized carbons (Fsp3) is 0. The number of para-hydroxylation sites is 1. The van der Waals surface area contributed by atoms with Crippen LogP contribution in [0.5, 0.6) is 0 Å². The van der Waals surface area contributed by atoms with Crippen molar-refractivity contribution in [2.45, 2.75) is 0 Å². The molecule has 0 spiro atoms. The van der Waals surface area contributed by atoms with Crippen molar-refractivity contribution in [2.75, 3.05) is 0 Å². The summed E-state index contributed by atoms with van der Waals surface area (Å²) >= 11 is 1.82. The zero-order valence-electron chi connectivity index (χ0n) is 30.7. The molecule has 9 aromatic carbocycles. The molecule has 0 bridgehead atoms. The molecule has 3 aromatic heterocycles. The fourth-order valence-corrected chi connectivity index (χ4v) is 9.88. The molecule has 0 aliphatic rings. The van der Waals surface area contributed by atoms with Gasteiger partial charge < -0.3 is 8.98 Å². The third-order valence-corrected chi connectivity index (χ3v) is 12.6. The molecule has 12 aromatic rings. The Labute approximate surface area is 332 Å². The number of nitrogens with zero attached hydrogens (tertiary/aromatic N) is 2. The van der Waals surface area contributed by atoms with E-state index in [4.69, 9.17) is 9.40 Å². The van der Waals surface area contributed by atoms with Gasteiger partial charge in [-0.15, -0.1) is 11.3 Å². The molecule has 4 heteroatoms. The minimum absolute atomic E-state index is 0.628. The Hall–Kier alpha value is -7.27. The quantitative estimate of drug-likeness (QED) is 0.176. The summed E-state index contributed by atoms with van der Waals surface area (Å²) in [5, 5.41) is 7.35. The van der Waals surface area contributed by atoms with Crippen LogP contribution in [0.3, 0.4) is 0 Å². The summed E-state index contributed by atoms with van der Waals surface area (Å²) < 4.78 is 11.4. The van der Waals surface area contributed by atoms with Gasteiger partial charge in [0.1, 0.15) is 5.52 Å². The lowest BCUT2D eigenvalue weighted by Crippen LogP contribution is -1.93. The third-order valence-electron chi connectivity index (χ3n) is 11.4. The van der Waals surface area contributed by atoms with Gasteiger partial charge in [0.05, 0.1) is 11.0 Å². The monoisotopic (exact) mass is 744 g/mol. The van der Waals surface area contributed by atoms with Gasteiger partial charge in [0.2, 0.25) is 5.89 Å². The van der Waals surface area contributed by atoms with E-state index in [1.165, 1.54) is 75.2 Å². The van der Waals surface area contributed by atoms with E-state index in [1.54, 1.807) is 0 Å². The van der Waals surface area contributed by atoms with Crippen molar-refractivity contribution < 1.29 is 4.42 Å². The highest BCUT2D eigenvalue weighted by Crippen LogP contribution is 2.45. The second kappa shape index (κ2) is 12.6. The van der Waals surface area contributed by atoms with Gasteiger partial charge in [0.25, 0.3) is 0 Å². The molecular formula is C53H32N2OS. The number of rotatable bonds is 5. The maximum absolute atomic E-state index is 6.58. The lowest BCUT2D eigenvalue weighted by atomic mass is 10.0. The third kappa shape index (κ3) is 5.15. The van der Waals surface area contributed by atoms with E-state index in [0.29, 0.717) is 5.89 Å². The molecule has 0 radical (unpaired) electrons. The molecule has 0 saturated carbocycles. The van der Waals surface area contributed by atoms with Crippen LogP contribution < -0.4 is 0 Å². The minimum Gasteiger partial charge on any atom is -0.436 e. The van der Waals surface area contributed by atoms with Crippen LogP contribution in [0.1, 0.15) is 0 Å². The normalized spacial score (nSPS) is 11.9. The molecule has 12 rings (SSSR count). The molecule has 0 unspecified atom stereocenters. The predicted octanol–water partition coefficient (Wildman–Crippen LogP) is 15.1. The van der Waals surface area contributed by atoms with E-state index in [9.17, 15) is 0 Å². The number of benzene rings is 9. The van der Waals surface area contributed by atoms with Gasteiger partial charge in [-0.3, -0.25) is 0 Å². The van der Waals surface area contributed by atoms with Gasteiger partial charge in [-0.05, 0) is 99.3 Å². The molecule has 0 aliphatic heterocycles. The molecule has 0 atom stereocenters. The van der Waals surface area contributed by atoms with Gasteiger partial charge in [0.15, 0.2) is 5.58 Å². The van der Waals surface area contributed by atoms with E-state index >= 15 is 0 Å². The van der Waals surface area contributed by atoms with Crippen molar-refractivity contribution >= 4 is 75.2 Å².